The second kappa shape index (κ2) is 5.18. The molecule has 0 spiro atoms. The van der Waals surface area contributed by atoms with Gasteiger partial charge in [-0.25, -0.2) is 5.10 Å². The van der Waals surface area contributed by atoms with Gasteiger partial charge in [-0.3, -0.25) is 0 Å². The van der Waals surface area contributed by atoms with Crippen molar-refractivity contribution in [1.82, 2.24) is 20.6 Å². The Balaban J connectivity index is 1.99. The molecule has 100 valence electrons. The lowest BCUT2D eigenvalue weighted by atomic mass is 10.2. The molecule has 6 nitrogen and oxygen atoms in total. The smallest absolute Gasteiger partial charge is 0.183 e. The number of aromatic amines is 1. The molecule has 0 aliphatic carbocycles. The van der Waals surface area contributed by atoms with E-state index in [1.807, 2.05) is 18.2 Å². The monoisotopic (exact) mass is 288 g/mol. The first-order valence-electron chi connectivity index (χ1n) is 5.73. The largest absolute Gasteiger partial charge is 0.504 e. The first kappa shape index (κ1) is 12.4. The SMILES string of the molecule is Oc1cc(Cl)ccc1Oc1ccccc1-c1nnn[nH]1. The summed E-state index contributed by atoms with van der Waals surface area (Å²) in [6.45, 7) is 0. The maximum absolute atomic E-state index is 9.82. The van der Waals surface area contributed by atoms with E-state index >= 15 is 0 Å². The zero-order valence-electron chi connectivity index (χ0n) is 10.1. The molecular weight excluding hydrogens is 280 g/mol. The predicted octanol–water partition coefficient (Wildman–Crippen LogP) is 3.02. The van der Waals surface area contributed by atoms with Crippen LogP contribution in [0.25, 0.3) is 11.4 Å². The molecular formula is C13H9ClN4O2. The molecule has 3 rings (SSSR count). The highest BCUT2D eigenvalue weighted by atomic mass is 35.5. The van der Waals surface area contributed by atoms with Crippen molar-refractivity contribution < 1.29 is 9.84 Å². The van der Waals surface area contributed by atoms with Crippen LogP contribution >= 0.6 is 11.6 Å². The average Bonchev–Trinajstić information content (AvgIpc) is 2.96. The lowest BCUT2D eigenvalue weighted by Gasteiger charge is -2.10. The van der Waals surface area contributed by atoms with Crippen LogP contribution < -0.4 is 4.74 Å². The molecule has 0 amide bonds. The second-order valence-corrected chi connectivity index (χ2v) is 4.40. The molecule has 0 bridgehead atoms. The highest BCUT2D eigenvalue weighted by molar-refractivity contribution is 6.30. The Morgan fingerprint density at radius 3 is 2.70 bits per heavy atom. The summed E-state index contributed by atoms with van der Waals surface area (Å²) < 4.78 is 5.69. The van der Waals surface area contributed by atoms with Crippen molar-refractivity contribution >= 4 is 11.6 Å². The molecule has 1 heterocycles. The molecule has 0 aliphatic rings. The van der Waals surface area contributed by atoms with Crippen LogP contribution in [0.1, 0.15) is 0 Å². The normalized spacial score (nSPS) is 10.4. The number of hydrogen-bond acceptors (Lipinski definition) is 5. The summed E-state index contributed by atoms with van der Waals surface area (Å²) in [5, 5.41) is 23.8. The summed E-state index contributed by atoms with van der Waals surface area (Å²) in [5.74, 6) is 1.26. The van der Waals surface area contributed by atoms with E-state index in [0.29, 0.717) is 27.9 Å². The van der Waals surface area contributed by atoms with E-state index in [1.165, 1.54) is 6.07 Å². The molecule has 7 heteroatoms. The van der Waals surface area contributed by atoms with Crippen molar-refractivity contribution in [2.45, 2.75) is 0 Å². The van der Waals surface area contributed by atoms with Crippen LogP contribution in [0.3, 0.4) is 0 Å². The van der Waals surface area contributed by atoms with Gasteiger partial charge in [0.25, 0.3) is 0 Å². The van der Waals surface area contributed by atoms with Crippen molar-refractivity contribution in [3.63, 3.8) is 0 Å². The Morgan fingerprint density at radius 1 is 1.10 bits per heavy atom. The predicted molar refractivity (Wildman–Crippen MR) is 72.8 cm³/mol. The van der Waals surface area contributed by atoms with Crippen molar-refractivity contribution in [3.05, 3.63) is 47.5 Å². The fourth-order valence-electron chi connectivity index (χ4n) is 1.72. The lowest BCUT2D eigenvalue weighted by Crippen LogP contribution is -1.90. The Bertz CT molecular complexity index is 731. The maximum Gasteiger partial charge on any atom is 0.183 e. The molecule has 2 N–H and O–H groups in total. The first-order valence-corrected chi connectivity index (χ1v) is 6.11. The van der Waals surface area contributed by atoms with Crippen molar-refractivity contribution in [1.29, 1.82) is 0 Å². The Hall–Kier alpha value is -2.60. The molecule has 1 aromatic heterocycles. The number of aromatic hydroxyl groups is 1. The van der Waals surface area contributed by atoms with Gasteiger partial charge in [0.05, 0.1) is 5.56 Å². The van der Waals surface area contributed by atoms with E-state index in [9.17, 15) is 5.11 Å². The third kappa shape index (κ3) is 2.41. The maximum atomic E-state index is 9.82. The molecule has 3 aromatic rings. The Morgan fingerprint density at radius 2 is 1.95 bits per heavy atom. The molecule has 20 heavy (non-hydrogen) atoms. The van der Waals surface area contributed by atoms with Crippen LogP contribution in [0.2, 0.25) is 5.02 Å². The number of benzene rings is 2. The number of rotatable bonds is 3. The Labute approximate surface area is 119 Å². The number of ether oxygens (including phenoxy) is 1. The first-order chi connectivity index (χ1) is 9.74. The minimum absolute atomic E-state index is 0.0389. The van der Waals surface area contributed by atoms with Crippen molar-refractivity contribution in [2.24, 2.45) is 0 Å². The standard InChI is InChI=1S/C13H9ClN4O2/c14-8-5-6-12(10(19)7-8)20-11-4-2-1-3-9(11)13-15-17-18-16-13/h1-7,19H,(H,15,16,17,18). The van der Waals surface area contributed by atoms with E-state index < -0.39 is 0 Å². The number of halogens is 1. The number of nitrogens with one attached hydrogen (secondary N) is 1. The molecule has 0 saturated heterocycles. The van der Waals surface area contributed by atoms with Gasteiger partial charge in [0, 0.05) is 11.1 Å². The minimum Gasteiger partial charge on any atom is -0.504 e. The minimum atomic E-state index is -0.0389. The van der Waals surface area contributed by atoms with Crippen LogP contribution in [0.4, 0.5) is 0 Å². The molecule has 0 saturated carbocycles. The summed E-state index contributed by atoms with van der Waals surface area (Å²) in [7, 11) is 0. The van der Waals surface area contributed by atoms with Crippen LogP contribution in [0, 0.1) is 0 Å². The fourth-order valence-corrected chi connectivity index (χ4v) is 1.89. The van der Waals surface area contributed by atoms with Gasteiger partial charge in [-0.2, -0.15) is 0 Å². The second-order valence-electron chi connectivity index (χ2n) is 3.96. The van der Waals surface area contributed by atoms with Gasteiger partial charge >= 0.3 is 0 Å². The quantitative estimate of drug-likeness (QED) is 0.774. The van der Waals surface area contributed by atoms with Gasteiger partial charge in [-0.15, -0.1) is 5.10 Å². The third-order valence-corrected chi connectivity index (χ3v) is 2.86. The van der Waals surface area contributed by atoms with E-state index in [0.717, 1.165) is 0 Å². The molecule has 0 radical (unpaired) electrons. The average molecular weight is 289 g/mol. The molecule has 0 aliphatic heterocycles. The van der Waals surface area contributed by atoms with Gasteiger partial charge in [-0.05, 0) is 34.7 Å². The number of phenolic OH excluding ortho intramolecular Hbond substituents is 1. The molecule has 2 aromatic carbocycles. The molecule has 0 unspecified atom stereocenters. The Kier molecular flexibility index (Phi) is 3.22. The number of para-hydroxylation sites is 1. The summed E-state index contributed by atoms with van der Waals surface area (Å²) >= 11 is 5.79. The number of nitrogens with zero attached hydrogens (tertiary/aromatic N) is 3. The van der Waals surface area contributed by atoms with Gasteiger partial charge in [0.2, 0.25) is 0 Å². The van der Waals surface area contributed by atoms with Gasteiger partial charge in [0.15, 0.2) is 17.3 Å². The lowest BCUT2D eigenvalue weighted by molar-refractivity contribution is 0.412. The van der Waals surface area contributed by atoms with Crippen LogP contribution in [0.5, 0.6) is 17.2 Å². The van der Waals surface area contributed by atoms with Crippen LogP contribution in [0.15, 0.2) is 42.5 Å². The van der Waals surface area contributed by atoms with Crippen molar-refractivity contribution in [3.8, 4) is 28.6 Å². The van der Waals surface area contributed by atoms with E-state index in [2.05, 4.69) is 20.6 Å². The van der Waals surface area contributed by atoms with E-state index in [4.69, 9.17) is 16.3 Å². The number of phenols is 1. The van der Waals surface area contributed by atoms with Gasteiger partial charge in [-0.1, -0.05) is 23.7 Å². The summed E-state index contributed by atoms with van der Waals surface area (Å²) in [4.78, 5) is 0. The zero-order chi connectivity index (χ0) is 13.9. The molecule has 0 atom stereocenters. The number of hydrogen-bond donors (Lipinski definition) is 2. The number of aromatic nitrogens is 4. The zero-order valence-corrected chi connectivity index (χ0v) is 10.9. The van der Waals surface area contributed by atoms with Crippen LogP contribution in [-0.4, -0.2) is 25.7 Å². The third-order valence-electron chi connectivity index (χ3n) is 2.63. The number of tetrazole rings is 1. The molecule has 0 fully saturated rings. The topological polar surface area (TPSA) is 83.9 Å². The van der Waals surface area contributed by atoms with E-state index in [-0.39, 0.29) is 5.75 Å². The van der Waals surface area contributed by atoms with E-state index in [1.54, 1.807) is 18.2 Å². The van der Waals surface area contributed by atoms with Crippen LogP contribution in [-0.2, 0) is 0 Å². The highest BCUT2D eigenvalue weighted by Crippen LogP contribution is 2.36. The van der Waals surface area contributed by atoms with Crippen molar-refractivity contribution in [2.75, 3.05) is 0 Å². The highest BCUT2D eigenvalue weighted by Gasteiger charge is 2.12. The number of H-pyrrole nitrogens is 1. The van der Waals surface area contributed by atoms with Gasteiger partial charge < -0.3 is 9.84 Å². The summed E-state index contributed by atoms with van der Waals surface area (Å²) in [5.41, 5.74) is 0.687. The summed E-state index contributed by atoms with van der Waals surface area (Å²) in [6.07, 6.45) is 0. The van der Waals surface area contributed by atoms with Gasteiger partial charge in [0.1, 0.15) is 5.75 Å². The fraction of sp³-hybridized carbons (Fsp3) is 0. The summed E-state index contributed by atoms with van der Waals surface area (Å²) in [6, 6.07) is 11.9.